The van der Waals surface area contributed by atoms with E-state index in [-0.39, 0.29) is 0 Å². The van der Waals surface area contributed by atoms with Crippen LogP contribution < -0.4 is 0 Å². The highest BCUT2D eigenvalue weighted by atomic mass is 33.1. The molecule has 0 heterocycles. The molecule has 0 aliphatic rings. The monoisotopic (exact) mass is 426 g/mol. The molecule has 0 amide bonds. The quantitative estimate of drug-likeness (QED) is 0.240. The van der Waals surface area contributed by atoms with E-state index in [9.17, 15) is 16.8 Å². The number of rotatable bonds is 17. The van der Waals surface area contributed by atoms with Crippen LogP contribution in [0.2, 0.25) is 0 Å². The van der Waals surface area contributed by atoms with Crippen LogP contribution in [0.1, 0.15) is 0 Å². The highest BCUT2D eigenvalue weighted by molar-refractivity contribution is 8.72. The molecule has 0 atom stereocenters. The Bertz CT molecular complexity index is 445. The third-order valence-electron chi connectivity index (χ3n) is 2.17. The summed E-state index contributed by atoms with van der Waals surface area (Å²) >= 11 is 0. The first-order valence-corrected chi connectivity index (χ1v) is 14.0. The van der Waals surface area contributed by atoms with Gasteiger partial charge in [-0.1, -0.05) is 0 Å². The molecule has 0 rings (SSSR count). The summed E-state index contributed by atoms with van der Waals surface area (Å²) in [5.74, 6) is 0.815. The van der Waals surface area contributed by atoms with Crippen molar-refractivity contribution in [2.75, 3.05) is 76.9 Å². The molecule has 0 saturated heterocycles. The highest BCUT2D eigenvalue weighted by Crippen LogP contribution is 2.08. The van der Waals surface area contributed by atoms with Crippen molar-refractivity contribution in [3.8, 4) is 0 Å². The van der Waals surface area contributed by atoms with E-state index in [1.165, 1.54) is 12.5 Å². The fourth-order valence-electron chi connectivity index (χ4n) is 1.25. The molecule has 0 unspecified atom stereocenters. The molecule has 8 nitrogen and oxygen atoms in total. The van der Waals surface area contributed by atoms with Crippen LogP contribution in [0.4, 0.5) is 0 Å². The molecule has 0 spiro atoms. The summed E-state index contributed by atoms with van der Waals surface area (Å²) in [7, 11) is -4.27. The number of hydrogen-bond acceptors (Lipinski definition) is 10. The fraction of sp³-hybridized carbons (Fsp3) is 1.00. The second kappa shape index (κ2) is 14.6. The van der Waals surface area contributed by atoms with Crippen LogP contribution in [0.25, 0.3) is 0 Å². The molecule has 12 heteroatoms. The van der Waals surface area contributed by atoms with Crippen LogP contribution in [-0.2, 0) is 36.7 Å². The van der Waals surface area contributed by atoms with Gasteiger partial charge in [0.15, 0.2) is 17.7 Å². The molecular weight excluding hydrogens is 400 g/mol. The smallest absolute Gasteiger partial charge is 0.198 e. The van der Waals surface area contributed by atoms with Gasteiger partial charge in [0.25, 0.3) is 0 Å². The zero-order valence-electron chi connectivity index (χ0n) is 14.0. The number of hydrogen-bond donors (Lipinski definition) is 0. The van der Waals surface area contributed by atoms with E-state index in [2.05, 4.69) is 0 Å². The van der Waals surface area contributed by atoms with Gasteiger partial charge in [-0.3, -0.25) is 0 Å². The number of ether oxygens (including phenoxy) is 4. The highest BCUT2D eigenvalue weighted by Gasteiger charge is 2.02. The Morgan fingerprint density at radius 3 is 1.04 bits per heavy atom. The molecule has 0 aromatic rings. The lowest BCUT2D eigenvalue weighted by Crippen LogP contribution is -2.13. The molecule has 24 heavy (non-hydrogen) atoms. The topological polar surface area (TPSA) is 105 Å². The van der Waals surface area contributed by atoms with Crippen molar-refractivity contribution in [2.24, 2.45) is 0 Å². The van der Waals surface area contributed by atoms with Gasteiger partial charge in [0, 0.05) is 24.0 Å². The van der Waals surface area contributed by atoms with Crippen LogP contribution >= 0.6 is 21.6 Å². The first-order chi connectivity index (χ1) is 11.2. The van der Waals surface area contributed by atoms with Crippen molar-refractivity contribution in [1.82, 2.24) is 0 Å². The zero-order chi connectivity index (χ0) is 18.3. The van der Waals surface area contributed by atoms with E-state index in [0.29, 0.717) is 64.4 Å². The van der Waals surface area contributed by atoms with Crippen LogP contribution in [0, 0.1) is 0 Å². The molecule has 0 aliphatic heterocycles. The predicted molar refractivity (Wildman–Crippen MR) is 97.9 cm³/mol. The lowest BCUT2D eigenvalue weighted by atomic mass is 10.7. The Kier molecular flexibility index (Phi) is 14.9. The van der Waals surface area contributed by atoms with Gasteiger partial charge in [-0.05, 0) is 21.6 Å². The summed E-state index contributed by atoms with van der Waals surface area (Å²) in [6.45, 7) is 3.27. The standard InChI is InChI=1S/C12H26O8S4/c1-23(13,14)21-11-9-19-7-5-17-3-4-18-6-8-20-10-12-22-24(2,15)16/h3-12H2,1-2H3. The third-order valence-corrected chi connectivity index (χ3v) is 7.26. The van der Waals surface area contributed by atoms with Gasteiger partial charge >= 0.3 is 0 Å². The minimum absolute atomic E-state index is 0.368. The maximum Gasteiger partial charge on any atom is 0.198 e. The van der Waals surface area contributed by atoms with Crippen molar-refractivity contribution >= 4 is 39.3 Å². The lowest BCUT2D eigenvalue weighted by molar-refractivity contribution is 0.00148. The Labute approximate surface area is 152 Å². The van der Waals surface area contributed by atoms with Crippen LogP contribution in [0.15, 0.2) is 0 Å². The van der Waals surface area contributed by atoms with Crippen LogP contribution in [-0.4, -0.2) is 93.7 Å². The zero-order valence-corrected chi connectivity index (χ0v) is 17.2. The molecule has 0 bridgehead atoms. The molecule has 146 valence electrons. The largest absolute Gasteiger partial charge is 0.378 e. The van der Waals surface area contributed by atoms with Crippen LogP contribution in [0.5, 0.6) is 0 Å². The minimum atomic E-state index is -3.00. The van der Waals surface area contributed by atoms with E-state index in [1.54, 1.807) is 0 Å². The molecule has 0 saturated carbocycles. The normalized spacial score (nSPS) is 12.6. The molecular formula is C12H26O8S4. The Hall–Kier alpha value is 0.440. The van der Waals surface area contributed by atoms with Crippen molar-refractivity contribution in [3.63, 3.8) is 0 Å². The average molecular weight is 427 g/mol. The van der Waals surface area contributed by atoms with E-state index >= 15 is 0 Å². The molecule has 0 radical (unpaired) electrons. The Morgan fingerprint density at radius 2 is 0.792 bits per heavy atom. The summed E-state index contributed by atoms with van der Waals surface area (Å²) in [4.78, 5) is 0. The summed E-state index contributed by atoms with van der Waals surface area (Å²) < 4.78 is 64.4. The summed E-state index contributed by atoms with van der Waals surface area (Å²) in [5, 5.41) is 0. The summed E-state index contributed by atoms with van der Waals surface area (Å²) in [6.07, 6.45) is 2.33. The second-order valence-electron chi connectivity index (χ2n) is 4.50. The maximum absolute atomic E-state index is 10.8. The van der Waals surface area contributed by atoms with Crippen molar-refractivity contribution in [3.05, 3.63) is 0 Å². The molecule has 0 N–H and O–H groups in total. The van der Waals surface area contributed by atoms with Crippen LogP contribution in [0.3, 0.4) is 0 Å². The molecule has 0 aliphatic carbocycles. The van der Waals surface area contributed by atoms with E-state index in [1.807, 2.05) is 0 Å². The summed E-state index contributed by atoms with van der Waals surface area (Å²) in [6, 6.07) is 0. The van der Waals surface area contributed by atoms with Gasteiger partial charge in [0.1, 0.15) is 0 Å². The van der Waals surface area contributed by atoms with Gasteiger partial charge in [-0.2, -0.15) is 0 Å². The van der Waals surface area contributed by atoms with Crippen molar-refractivity contribution in [1.29, 1.82) is 0 Å². The molecule has 0 aromatic carbocycles. The summed E-state index contributed by atoms with van der Waals surface area (Å²) in [5.41, 5.74) is 0. The average Bonchev–Trinajstić information content (AvgIpc) is 2.44. The Morgan fingerprint density at radius 1 is 0.542 bits per heavy atom. The van der Waals surface area contributed by atoms with Gasteiger partial charge in [0.05, 0.1) is 52.9 Å². The minimum Gasteiger partial charge on any atom is -0.378 e. The van der Waals surface area contributed by atoms with Gasteiger partial charge in [0.2, 0.25) is 0 Å². The van der Waals surface area contributed by atoms with E-state index < -0.39 is 17.7 Å². The Balaban J connectivity index is 3.13. The van der Waals surface area contributed by atoms with E-state index in [4.69, 9.17) is 18.9 Å². The SMILES string of the molecule is CS(=O)(=O)SCCOCCOCCOCCOCCSS(C)(=O)=O. The van der Waals surface area contributed by atoms with Crippen molar-refractivity contribution < 1.29 is 35.8 Å². The van der Waals surface area contributed by atoms with Gasteiger partial charge in [-0.25, -0.2) is 16.8 Å². The second-order valence-corrected chi connectivity index (χ2v) is 13.7. The lowest BCUT2D eigenvalue weighted by Gasteiger charge is -2.07. The van der Waals surface area contributed by atoms with Crippen molar-refractivity contribution in [2.45, 2.75) is 0 Å². The first-order valence-electron chi connectivity index (χ1n) is 7.20. The van der Waals surface area contributed by atoms with E-state index in [0.717, 1.165) is 21.6 Å². The maximum atomic E-state index is 10.8. The fourth-order valence-corrected chi connectivity index (χ4v) is 4.45. The van der Waals surface area contributed by atoms with Gasteiger partial charge in [-0.15, -0.1) is 0 Å². The molecule has 0 aromatic heterocycles. The van der Waals surface area contributed by atoms with Gasteiger partial charge < -0.3 is 18.9 Å². The third kappa shape index (κ3) is 22.4. The predicted octanol–water partition coefficient (Wildman–Crippen LogP) is 0.438. The first kappa shape index (κ1) is 24.4. The molecule has 0 fully saturated rings.